The van der Waals surface area contributed by atoms with E-state index in [1.54, 1.807) is 0 Å². The van der Waals surface area contributed by atoms with Crippen LogP contribution in [-0.2, 0) is 20.0 Å². The Hall–Kier alpha value is -1.40. The molecule has 0 aromatic rings. The van der Waals surface area contributed by atoms with E-state index in [-0.39, 0.29) is 68.9 Å². The highest BCUT2D eigenvalue weighted by Crippen LogP contribution is 2.64. The van der Waals surface area contributed by atoms with E-state index in [0.29, 0.717) is 9.44 Å². The average Bonchev–Trinajstić information content (AvgIpc) is 3.11. The van der Waals surface area contributed by atoms with E-state index >= 15 is 0 Å². The highest BCUT2D eigenvalue weighted by Gasteiger charge is 2.96. The van der Waals surface area contributed by atoms with Crippen molar-refractivity contribution in [1.29, 1.82) is 0 Å². The molecule has 0 radical (unpaired) electrons. The molecule has 2 N–H and O–H groups in total. The normalized spacial score (nSPS) is 16.0. The quantitative estimate of drug-likeness (QED) is 0.0753. The van der Waals surface area contributed by atoms with Crippen LogP contribution in [0.25, 0.3) is 0 Å². The molecule has 0 rings (SSSR count). The zero-order valence-corrected chi connectivity index (χ0v) is 39.3. The third kappa shape index (κ3) is 12.5. The van der Waals surface area contributed by atoms with Gasteiger partial charge in [-0.2, -0.15) is 132 Å². The number of nitrogens with zero attached hydrogens (tertiary/aromatic N) is 2. The summed E-state index contributed by atoms with van der Waals surface area (Å²) in [5.41, 5.74) is 0. The van der Waals surface area contributed by atoms with Crippen LogP contribution in [0.2, 0.25) is 0 Å². The Kier molecular flexibility index (Phi) is 22.2. The molecule has 0 amide bonds. The van der Waals surface area contributed by atoms with E-state index in [1.807, 2.05) is 0 Å². The summed E-state index contributed by atoms with van der Waals surface area (Å²) in [5, 5.41) is -15.3. The van der Waals surface area contributed by atoms with Gasteiger partial charge in [0.15, 0.2) is 0 Å². The van der Waals surface area contributed by atoms with Crippen molar-refractivity contribution in [2.75, 3.05) is 67.5 Å². The molecule has 42 heteroatoms. The van der Waals surface area contributed by atoms with Gasteiger partial charge in [0.1, 0.15) is 0 Å². The van der Waals surface area contributed by atoms with Gasteiger partial charge in [-0.3, -0.25) is 0 Å². The minimum absolute atomic E-state index is 0. The van der Waals surface area contributed by atoms with Crippen LogP contribution in [-0.4, -0.2) is 175 Å². The van der Waals surface area contributed by atoms with Gasteiger partial charge in [0.05, 0.1) is 54.4 Å². The summed E-state index contributed by atoms with van der Waals surface area (Å²) in [5.74, 6) is -85.3. The summed E-state index contributed by atoms with van der Waals surface area (Å²) in [6, 6.07) is 0. The maximum Gasteiger partial charge on any atom is 0.460 e. The Bertz CT molecular complexity index is 1820. The van der Waals surface area contributed by atoms with Crippen molar-refractivity contribution in [1.82, 2.24) is 9.44 Å². The fourth-order valence-corrected chi connectivity index (χ4v) is 7.27. The number of nitrogens with one attached hydrogen (secondary N) is 2. The molecule has 0 heterocycles. The molecule has 0 aromatic heterocycles. The summed E-state index contributed by atoms with van der Waals surface area (Å²) in [6.45, 7) is -3.97. The molecular weight excluding hydrogens is 1250 g/mol. The molecule has 0 aromatic carbocycles. The van der Waals surface area contributed by atoms with Crippen molar-refractivity contribution in [3.63, 3.8) is 0 Å². The molecule has 0 aliphatic rings. The van der Waals surface area contributed by atoms with E-state index < -0.39 is 141 Å². The van der Waals surface area contributed by atoms with Gasteiger partial charge in [-0.05, 0) is 0 Å². The monoisotopic (exact) mass is 1280 g/mol. The van der Waals surface area contributed by atoms with Crippen molar-refractivity contribution in [2.24, 2.45) is 0 Å². The van der Waals surface area contributed by atoms with Gasteiger partial charge in [-0.15, -0.1) is 0 Å². The third-order valence-electron chi connectivity index (χ3n) is 9.51. The van der Waals surface area contributed by atoms with E-state index in [2.05, 4.69) is 0 Å². The van der Waals surface area contributed by atoms with Crippen LogP contribution in [0.15, 0.2) is 0 Å². The molecule has 8 nitrogen and oxygen atoms in total. The topological polar surface area (TPSA) is 92.3 Å². The molecule has 0 bridgehead atoms. The fourth-order valence-electron chi connectivity index (χ4n) is 5.15. The first-order valence-corrected chi connectivity index (χ1v) is 20.4. The Morgan fingerprint density at radius 1 is 0.300 bits per heavy atom. The minimum atomic E-state index is -8.74. The first-order chi connectivity index (χ1) is 29.1. The van der Waals surface area contributed by atoms with Crippen molar-refractivity contribution in [3.8, 4) is 0 Å². The first-order valence-electron chi connectivity index (χ1n) is 17.4. The van der Waals surface area contributed by atoms with Gasteiger partial charge in [0.2, 0.25) is 0 Å². The largest absolute Gasteiger partial charge is 1.00 e. The van der Waals surface area contributed by atoms with Crippen LogP contribution in [0, 0.1) is 0 Å². The Labute approximate surface area is 395 Å². The number of rotatable bonds is 27. The molecule has 0 atom stereocenters. The lowest BCUT2D eigenvalue weighted by molar-refractivity contribution is -0.896. The van der Waals surface area contributed by atoms with Gasteiger partial charge in [0.25, 0.3) is 20.0 Å². The highest BCUT2D eigenvalue weighted by atomic mass is 79.9. The lowest BCUT2D eigenvalue weighted by Gasteiger charge is -2.41. The Morgan fingerprint density at radius 2 is 0.471 bits per heavy atom. The average molecular weight is 1280 g/mol. The van der Waals surface area contributed by atoms with Crippen molar-refractivity contribution in [2.45, 2.75) is 108 Å². The minimum Gasteiger partial charge on any atom is -1.00 e. The van der Waals surface area contributed by atoms with Gasteiger partial charge < -0.3 is 42.9 Å². The van der Waals surface area contributed by atoms with E-state index in [1.165, 1.54) is 28.2 Å². The van der Waals surface area contributed by atoms with Gasteiger partial charge >= 0.3 is 82.1 Å². The smallest absolute Gasteiger partial charge is 0.460 e. The molecule has 0 unspecified atom stereocenters. The molecule has 70 heavy (non-hydrogen) atoms. The second-order valence-electron chi connectivity index (χ2n) is 15.7. The molecular formula is C28H34Br2F30N4O4S2. The Morgan fingerprint density at radius 3 is 0.671 bits per heavy atom. The summed E-state index contributed by atoms with van der Waals surface area (Å²) in [6.07, 6.45) is -17.3. The van der Waals surface area contributed by atoms with Crippen LogP contribution in [0.5, 0.6) is 0 Å². The predicted octanol–water partition coefficient (Wildman–Crippen LogP) is 3.21. The van der Waals surface area contributed by atoms with E-state index in [4.69, 9.17) is 0 Å². The van der Waals surface area contributed by atoms with Crippen LogP contribution < -0.4 is 43.4 Å². The number of sulfonamides is 2. The highest BCUT2D eigenvalue weighted by molar-refractivity contribution is 7.90. The van der Waals surface area contributed by atoms with Crippen molar-refractivity contribution >= 4 is 20.0 Å². The lowest BCUT2D eigenvalue weighted by Crippen LogP contribution is -3.00. The molecule has 0 aliphatic heterocycles. The van der Waals surface area contributed by atoms with Crippen molar-refractivity contribution < 1.29 is 191 Å². The van der Waals surface area contributed by atoms with Gasteiger partial charge in [-0.25, -0.2) is 26.3 Å². The number of halogens is 32. The summed E-state index contributed by atoms with van der Waals surface area (Å²) in [7, 11) is -9.81. The summed E-state index contributed by atoms with van der Waals surface area (Å²) >= 11 is 0. The number of alkyl halides is 30. The SMILES string of the molecule is C[N+](C)(CCCC[N+](C)(C)CCCNS(=O)(=O)C(F)(F)C(F)(F)C(F)(F)C(F)(F)C(F)(F)C(F)(F)C(F)(F)F)CCCNS(=O)(=O)C(F)(F)C(F)(F)C(F)(F)C(F)(F)C(F)(F)C(F)(F)C(F)(F)F.[Br-].[Br-]. The van der Waals surface area contributed by atoms with Crippen LogP contribution in [0.1, 0.15) is 25.7 Å². The molecule has 0 spiro atoms. The second kappa shape index (κ2) is 21.3. The zero-order valence-electron chi connectivity index (χ0n) is 34.5. The van der Waals surface area contributed by atoms with E-state index in [9.17, 15) is 149 Å². The number of quaternary nitrogens is 2. The predicted molar refractivity (Wildman–Crippen MR) is 167 cm³/mol. The van der Waals surface area contributed by atoms with Gasteiger partial charge in [0, 0.05) is 38.8 Å². The van der Waals surface area contributed by atoms with Crippen molar-refractivity contribution in [3.05, 3.63) is 0 Å². The second-order valence-corrected chi connectivity index (χ2v) is 19.4. The first kappa shape index (κ1) is 72.8. The maximum absolute atomic E-state index is 14.2. The van der Waals surface area contributed by atoms with Crippen LogP contribution in [0.4, 0.5) is 132 Å². The fraction of sp³-hybridized carbons (Fsp3) is 1.00. The Balaban J connectivity index is -0.0000224. The van der Waals surface area contributed by atoms with Crippen LogP contribution >= 0.6 is 0 Å². The molecule has 426 valence electrons. The molecule has 0 saturated carbocycles. The zero-order chi connectivity index (χ0) is 55.5. The third-order valence-corrected chi connectivity index (χ3v) is 12.5. The molecule has 0 fully saturated rings. The lowest BCUT2D eigenvalue weighted by atomic mass is 9.94. The standard InChI is InChI=1S/C28H34F30N4O4S2.2BrH/c1-61(2,13-7-9-59-67(63,64)27(55,56)23(45,46)19(37,38)15(29,30)17(33,34)21(41,42)25(49,50)51)11-5-6-12-62(3,4)14-8-10-60-68(65,66)28(57,58)24(47,48)20(39,40)16(31,32)18(35,36)22(43,44)26(52,53)54;;/h59-60H,5-14H2,1-4H3;2*1H/q+2;;/p-2. The molecule has 0 aliphatic carbocycles. The van der Waals surface area contributed by atoms with E-state index in [0.717, 1.165) is 0 Å². The summed E-state index contributed by atoms with van der Waals surface area (Å²) < 4.78 is 450. The number of unbranched alkanes of at least 4 members (excludes halogenated alkanes) is 1. The maximum atomic E-state index is 14.2. The number of hydrogen-bond acceptors (Lipinski definition) is 4. The van der Waals surface area contributed by atoms with Crippen LogP contribution in [0.3, 0.4) is 0 Å². The van der Waals surface area contributed by atoms with Gasteiger partial charge in [-0.1, -0.05) is 0 Å². The summed E-state index contributed by atoms with van der Waals surface area (Å²) in [4.78, 5) is 0. The number of hydrogen-bond donors (Lipinski definition) is 2. The molecule has 0 saturated heterocycles.